The third kappa shape index (κ3) is 2.54. The van der Waals surface area contributed by atoms with Gasteiger partial charge in [-0.3, -0.25) is 0 Å². The Kier molecular flexibility index (Phi) is 3.46. The zero-order valence-corrected chi connectivity index (χ0v) is 11.6. The van der Waals surface area contributed by atoms with Gasteiger partial charge in [0.05, 0.1) is 5.69 Å². The molecule has 1 aromatic heterocycles. The second-order valence-electron chi connectivity index (χ2n) is 4.92. The van der Waals surface area contributed by atoms with Crippen molar-refractivity contribution in [1.82, 2.24) is 9.78 Å². The number of rotatable bonds is 3. The highest BCUT2D eigenvalue weighted by Gasteiger charge is 2.18. The molecule has 0 spiro atoms. The maximum Gasteiger partial charge on any atom is 0.241 e. The number of benzene rings is 1. The SMILES string of the molecule is Cc1ccc(F)c(Oc2c(N)c(C(C)C)nn2C)c1. The smallest absolute Gasteiger partial charge is 0.241 e. The van der Waals surface area contributed by atoms with Gasteiger partial charge in [-0.25, -0.2) is 9.07 Å². The van der Waals surface area contributed by atoms with E-state index in [2.05, 4.69) is 5.10 Å². The number of hydrogen-bond donors (Lipinski definition) is 1. The first-order valence-electron chi connectivity index (χ1n) is 6.16. The van der Waals surface area contributed by atoms with Crippen molar-refractivity contribution in [3.8, 4) is 11.6 Å². The van der Waals surface area contributed by atoms with E-state index in [4.69, 9.17) is 10.5 Å². The first kappa shape index (κ1) is 13.4. The van der Waals surface area contributed by atoms with Crippen LogP contribution in [0.2, 0.25) is 0 Å². The van der Waals surface area contributed by atoms with Crippen LogP contribution in [-0.2, 0) is 7.05 Å². The molecule has 0 aliphatic carbocycles. The van der Waals surface area contributed by atoms with E-state index in [9.17, 15) is 4.39 Å². The minimum atomic E-state index is -0.419. The van der Waals surface area contributed by atoms with Crippen molar-refractivity contribution in [2.75, 3.05) is 5.73 Å². The Morgan fingerprint density at radius 1 is 1.37 bits per heavy atom. The number of aromatic nitrogens is 2. The van der Waals surface area contributed by atoms with Crippen molar-refractivity contribution in [2.24, 2.45) is 7.05 Å². The summed E-state index contributed by atoms with van der Waals surface area (Å²) in [5.74, 6) is 0.293. The number of ether oxygens (including phenoxy) is 1. The van der Waals surface area contributed by atoms with Crippen LogP contribution < -0.4 is 10.5 Å². The zero-order valence-electron chi connectivity index (χ0n) is 11.6. The van der Waals surface area contributed by atoms with Crippen LogP contribution in [0.15, 0.2) is 18.2 Å². The van der Waals surface area contributed by atoms with E-state index in [-0.39, 0.29) is 11.7 Å². The summed E-state index contributed by atoms with van der Waals surface area (Å²) in [6, 6.07) is 4.70. The third-order valence-electron chi connectivity index (χ3n) is 2.90. The average Bonchev–Trinajstić information content (AvgIpc) is 2.62. The first-order chi connectivity index (χ1) is 8.90. The Morgan fingerprint density at radius 2 is 2.05 bits per heavy atom. The molecule has 5 heteroatoms. The Morgan fingerprint density at radius 3 is 2.63 bits per heavy atom. The van der Waals surface area contributed by atoms with Crippen molar-refractivity contribution < 1.29 is 9.13 Å². The van der Waals surface area contributed by atoms with E-state index in [1.54, 1.807) is 19.2 Å². The van der Waals surface area contributed by atoms with Crippen LogP contribution in [0.4, 0.5) is 10.1 Å². The molecule has 0 fully saturated rings. The van der Waals surface area contributed by atoms with Gasteiger partial charge in [0.15, 0.2) is 11.6 Å². The molecule has 4 nitrogen and oxygen atoms in total. The molecule has 2 rings (SSSR count). The van der Waals surface area contributed by atoms with E-state index >= 15 is 0 Å². The van der Waals surface area contributed by atoms with Crippen molar-refractivity contribution in [1.29, 1.82) is 0 Å². The third-order valence-corrected chi connectivity index (χ3v) is 2.90. The minimum absolute atomic E-state index is 0.157. The van der Waals surface area contributed by atoms with Gasteiger partial charge in [-0.1, -0.05) is 19.9 Å². The summed E-state index contributed by atoms with van der Waals surface area (Å²) in [7, 11) is 1.73. The van der Waals surface area contributed by atoms with Crippen LogP contribution in [0, 0.1) is 12.7 Å². The summed E-state index contributed by atoms with van der Waals surface area (Å²) in [4.78, 5) is 0. The van der Waals surface area contributed by atoms with E-state index < -0.39 is 5.82 Å². The average molecular weight is 263 g/mol. The lowest BCUT2D eigenvalue weighted by Crippen LogP contribution is -1.98. The molecule has 0 saturated heterocycles. The highest BCUT2D eigenvalue weighted by Crippen LogP contribution is 2.34. The molecule has 0 amide bonds. The van der Waals surface area contributed by atoms with Crippen LogP contribution in [0.1, 0.15) is 31.0 Å². The molecule has 2 N–H and O–H groups in total. The van der Waals surface area contributed by atoms with Crippen molar-refractivity contribution >= 4 is 5.69 Å². The fourth-order valence-electron chi connectivity index (χ4n) is 1.89. The van der Waals surface area contributed by atoms with Crippen LogP contribution in [0.25, 0.3) is 0 Å². The summed E-state index contributed by atoms with van der Waals surface area (Å²) in [6.45, 7) is 5.86. The van der Waals surface area contributed by atoms with E-state index in [1.807, 2.05) is 20.8 Å². The monoisotopic (exact) mass is 263 g/mol. The van der Waals surface area contributed by atoms with Crippen molar-refractivity contribution in [3.05, 3.63) is 35.3 Å². The fraction of sp³-hybridized carbons (Fsp3) is 0.357. The van der Waals surface area contributed by atoms with Crippen LogP contribution in [0.3, 0.4) is 0 Å². The molecule has 0 bridgehead atoms. The molecule has 0 unspecified atom stereocenters. The number of aryl methyl sites for hydroxylation is 2. The summed E-state index contributed by atoms with van der Waals surface area (Å²) in [6.07, 6.45) is 0. The molecule has 1 heterocycles. The lowest BCUT2D eigenvalue weighted by Gasteiger charge is -2.08. The molecule has 102 valence electrons. The molecular weight excluding hydrogens is 245 g/mol. The Hall–Kier alpha value is -2.04. The van der Waals surface area contributed by atoms with Gasteiger partial charge < -0.3 is 10.5 Å². The summed E-state index contributed by atoms with van der Waals surface area (Å²) in [5.41, 5.74) is 8.14. The van der Waals surface area contributed by atoms with Gasteiger partial charge >= 0.3 is 0 Å². The topological polar surface area (TPSA) is 53.1 Å². The van der Waals surface area contributed by atoms with E-state index in [0.717, 1.165) is 11.3 Å². The molecular formula is C14H18FN3O. The number of anilines is 1. The van der Waals surface area contributed by atoms with Crippen LogP contribution in [-0.4, -0.2) is 9.78 Å². The molecule has 19 heavy (non-hydrogen) atoms. The lowest BCUT2D eigenvalue weighted by atomic mass is 10.1. The van der Waals surface area contributed by atoms with Gasteiger partial charge in [0.25, 0.3) is 0 Å². The van der Waals surface area contributed by atoms with Crippen LogP contribution >= 0.6 is 0 Å². The van der Waals surface area contributed by atoms with Gasteiger partial charge in [-0.2, -0.15) is 5.10 Å². The summed E-state index contributed by atoms with van der Waals surface area (Å²) < 4.78 is 20.8. The van der Waals surface area contributed by atoms with E-state index in [1.165, 1.54) is 10.7 Å². The second-order valence-corrected chi connectivity index (χ2v) is 4.92. The zero-order chi connectivity index (χ0) is 14.2. The standard InChI is InChI=1S/C14H18FN3O/c1-8(2)13-12(16)14(18(4)17-13)19-11-7-9(3)5-6-10(11)15/h5-8H,16H2,1-4H3. The van der Waals surface area contributed by atoms with Gasteiger partial charge in [0.1, 0.15) is 5.69 Å². The van der Waals surface area contributed by atoms with Crippen molar-refractivity contribution in [2.45, 2.75) is 26.7 Å². The highest BCUT2D eigenvalue weighted by atomic mass is 19.1. The normalized spacial score (nSPS) is 11.1. The highest BCUT2D eigenvalue weighted by molar-refractivity contribution is 5.55. The molecule has 1 aromatic carbocycles. The van der Waals surface area contributed by atoms with Gasteiger partial charge in [-0.05, 0) is 30.5 Å². The predicted molar refractivity (Wildman–Crippen MR) is 72.9 cm³/mol. The number of nitrogens with zero attached hydrogens (tertiary/aromatic N) is 2. The predicted octanol–water partition coefficient (Wildman–Crippen LogP) is 3.37. The molecule has 0 aliphatic rings. The summed E-state index contributed by atoms with van der Waals surface area (Å²) >= 11 is 0. The number of halogens is 1. The second kappa shape index (κ2) is 4.91. The Bertz CT molecular complexity index is 605. The molecule has 0 radical (unpaired) electrons. The maximum absolute atomic E-state index is 13.7. The van der Waals surface area contributed by atoms with Crippen LogP contribution in [0.5, 0.6) is 11.6 Å². The number of nitrogen functional groups attached to an aromatic ring is 1. The molecule has 0 aliphatic heterocycles. The maximum atomic E-state index is 13.7. The Labute approximate surface area is 112 Å². The molecule has 0 atom stereocenters. The van der Waals surface area contributed by atoms with E-state index in [0.29, 0.717) is 11.6 Å². The van der Waals surface area contributed by atoms with Gasteiger partial charge in [-0.15, -0.1) is 0 Å². The quantitative estimate of drug-likeness (QED) is 0.923. The molecule has 0 saturated carbocycles. The van der Waals surface area contributed by atoms with Crippen molar-refractivity contribution in [3.63, 3.8) is 0 Å². The lowest BCUT2D eigenvalue weighted by molar-refractivity contribution is 0.405. The fourth-order valence-corrected chi connectivity index (χ4v) is 1.89. The number of nitrogens with two attached hydrogens (primary N) is 1. The summed E-state index contributed by atoms with van der Waals surface area (Å²) in [5, 5.41) is 4.30. The van der Waals surface area contributed by atoms with Gasteiger partial charge in [0, 0.05) is 7.05 Å². The first-order valence-corrected chi connectivity index (χ1v) is 6.16. The Balaban J connectivity index is 2.41. The molecule has 2 aromatic rings. The van der Waals surface area contributed by atoms with Gasteiger partial charge in [0.2, 0.25) is 5.88 Å². The number of hydrogen-bond acceptors (Lipinski definition) is 3. The minimum Gasteiger partial charge on any atom is -0.434 e. The largest absolute Gasteiger partial charge is 0.434 e.